The standard InChI is InChI=1S/C17H21NOS/c1-2-17(14-8-10-15(19)11-9-14)18-12-13-20-16-6-4-3-5-7-16/h3-11,17-19H,2,12-13H2,1H3. The van der Waals surface area contributed by atoms with E-state index in [0.717, 1.165) is 18.7 Å². The maximum absolute atomic E-state index is 9.33. The first kappa shape index (κ1) is 14.9. The molecule has 0 amide bonds. The monoisotopic (exact) mass is 287 g/mol. The zero-order chi connectivity index (χ0) is 14.2. The number of hydrogen-bond donors (Lipinski definition) is 2. The van der Waals surface area contributed by atoms with Gasteiger partial charge in [-0.2, -0.15) is 0 Å². The van der Waals surface area contributed by atoms with E-state index in [1.165, 1.54) is 10.5 Å². The van der Waals surface area contributed by atoms with Crippen LogP contribution in [-0.2, 0) is 0 Å². The van der Waals surface area contributed by atoms with Crippen molar-refractivity contribution in [2.45, 2.75) is 24.3 Å². The number of phenols is 1. The lowest BCUT2D eigenvalue weighted by molar-refractivity contribution is 0.473. The smallest absolute Gasteiger partial charge is 0.115 e. The van der Waals surface area contributed by atoms with Crippen LogP contribution in [0.4, 0.5) is 0 Å². The molecule has 0 spiro atoms. The topological polar surface area (TPSA) is 32.3 Å². The fourth-order valence-corrected chi connectivity index (χ4v) is 2.93. The Morgan fingerprint density at radius 3 is 2.40 bits per heavy atom. The van der Waals surface area contributed by atoms with Crippen LogP contribution in [0, 0.1) is 0 Å². The minimum absolute atomic E-state index is 0.322. The van der Waals surface area contributed by atoms with Crippen molar-refractivity contribution in [3.05, 3.63) is 60.2 Å². The lowest BCUT2D eigenvalue weighted by atomic mass is 10.0. The van der Waals surface area contributed by atoms with E-state index in [9.17, 15) is 5.11 Å². The predicted octanol–water partition coefficient (Wildman–Crippen LogP) is 4.23. The van der Waals surface area contributed by atoms with Gasteiger partial charge in [0, 0.05) is 23.2 Å². The van der Waals surface area contributed by atoms with Crippen molar-refractivity contribution < 1.29 is 5.11 Å². The average Bonchev–Trinajstić information content (AvgIpc) is 2.50. The van der Waals surface area contributed by atoms with Crippen LogP contribution < -0.4 is 5.32 Å². The Balaban J connectivity index is 1.78. The van der Waals surface area contributed by atoms with Crippen molar-refractivity contribution >= 4 is 11.8 Å². The Hall–Kier alpha value is -1.45. The summed E-state index contributed by atoms with van der Waals surface area (Å²) in [5, 5.41) is 12.9. The maximum Gasteiger partial charge on any atom is 0.115 e. The molecule has 0 saturated heterocycles. The summed E-state index contributed by atoms with van der Waals surface area (Å²) in [6.07, 6.45) is 1.04. The van der Waals surface area contributed by atoms with Gasteiger partial charge in [0.25, 0.3) is 0 Å². The molecule has 0 radical (unpaired) electrons. The van der Waals surface area contributed by atoms with E-state index < -0.39 is 0 Å². The van der Waals surface area contributed by atoms with Gasteiger partial charge in [-0.1, -0.05) is 37.3 Å². The summed E-state index contributed by atoms with van der Waals surface area (Å²) in [6, 6.07) is 18.3. The van der Waals surface area contributed by atoms with Crippen LogP contribution >= 0.6 is 11.8 Å². The van der Waals surface area contributed by atoms with Gasteiger partial charge in [0.15, 0.2) is 0 Å². The van der Waals surface area contributed by atoms with Crippen molar-refractivity contribution in [1.82, 2.24) is 5.32 Å². The Morgan fingerprint density at radius 2 is 1.75 bits per heavy atom. The van der Waals surface area contributed by atoms with Crippen LogP contribution in [0.25, 0.3) is 0 Å². The van der Waals surface area contributed by atoms with E-state index >= 15 is 0 Å². The van der Waals surface area contributed by atoms with Crippen molar-refractivity contribution in [2.24, 2.45) is 0 Å². The largest absolute Gasteiger partial charge is 0.508 e. The second kappa shape index (κ2) is 7.98. The highest BCUT2D eigenvalue weighted by Gasteiger charge is 2.07. The van der Waals surface area contributed by atoms with E-state index in [0.29, 0.717) is 11.8 Å². The zero-order valence-electron chi connectivity index (χ0n) is 11.8. The highest BCUT2D eigenvalue weighted by molar-refractivity contribution is 7.99. The van der Waals surface area contributed by atoms with Crippen molar-refractivity contribution in [2.75, 3.05) is 12.3 Å². The van der Waals surface area contributed by atoms with E-state index in [1.807, 2.05) is 30.0 Å². The van der Waals surface area contributed by atoms with E-state index in [-0.39, 0.29) is 0 Å². The van der Waals surface area contributed by atoms with Gasteiger partial charge in [-0.25, -0.2) is 0 Å². The second-order valence-corrected chi connectivity index (χ2v) is 5.84. The molecule has 1 atom stereocenters. The molecule has 0 fully saturated rings. The lowest BCUT2D eigenvalue weighted by Crippen LogP contribution is -2.23. The molecule has 0 aliphatic carbocycles. The Morgan fingerprint density at radius 1 is 1.05 bits per heavy atom. The third-order valence-electron chi connectivity index (χ3n) is 3.21. The van der Waals surface area contributed by atoms with Gasteiger partial charge in [-0.3, -0.25) is 0 Å². The Labute approximate surface area is 125 Å². The number of phenolic OH excluding ortho intramolecular Hbond substituents is 1. The number of thioether (sulfide) groups is 1. The Bertz CT molecular complexity index is 498. The molecule has 3 heteroatoms. The third-order valence-corrected chi connectivity index (χ3v) is 4.22. The minimum Gasteiger partial charge on any atom is -0.508 e. The lowest BCUT2D eigenvalue weighted by Gasteiger charge is -2.17. The molecule has 2 N–H and O–H groups in total. The molecule has 2 rings (SSSR count). The highest BCUT2D eigenvalue weighted by Crippen LogP contribution is 2.20. The Kier molecular flexibility index (Phi) is 5.96. The molecule has 0 saturated carbocycles. The minimum atomic E-state index is 0.322. The number of rotatable bonds is 7. The molecule has 2 aromatic rings. The predicted molar refractivity (Wildman–Crippen MR) is 86.3 cm³/mol. The van der Waals surface area contributed by atoms with Gasteiger partial charge in [0.2, 0.25) is 0 Å². The number of hydrogen-bond acceptors (Lipinski definition) is 3. The maximum atomic E-state index is 9.33. The van der Waals surface area contributed by atoms with Crippen molar-refractivity contribution in [3.63, 3.8) is 0 Å². The summed E-state index contributed by atoms with van der Waals surface area (Å²) in [7, 11) is 0. The fraction of sp³-hybridized carbons (Fsp3) is 0.294. The van der Waals surface area contributed by atoms with Crippen molar-refractivity contribution in [3.8, 4) is 5.75 Å². The molecule has 2 nitrogen and oxygen atoms in total. The molecular weight excluding hydrogens is 266 g/mol. The van der Waals surface area contributed by atoms with Gasteiger partial charge < -0.3 is 10.4 Å². The summed E-state index contributed by atoms with van der Waals surface area (Å²) in [5.41, 5.74) is 1.23. The molecule has 0 aliphatic heterocycles. The quantitative estimate of drug-likeness (QED) is 0.590. The summed E-state index contributed by atoms with van der Waals surface area (Å²) in [6.45, 7) is 3.15. The van der Waals surface area contributed by atoms with Gasteiger partial charge >= 0.3 is 0 Å². The molecule has 0 aliphatic rings. The van der Waals surface area contributed by atoms with Gasteiger partial charge in [0.1, 0.15) is 5.75 Å². The van der Waals surface area contributed by atoms with Crippen LogP contribution in [-0.4, -0.2) is 17.4 Å². The van der Waals surface area contributed by atoms with Gasteiger partial charge in [-0.05, 0) is 36.2 Å². The summed E-state index contributed by atoms with van der Waals surface area (Å²) < 4.78 is 0. The fourth-order valence-electron chi connectivity index (χ4n) is 2.12. The van der Waals surface area contributed by atoms with E-state index in [2.05, 4.69) is 36.5 Å². The van der Waals surface area contributed by atoms with Crippen LogP contribution in [0.5, 0.6) is 5.75 Å². The summed E-state index contributed by atoms with van der Waals surface area (Å²) in [4.78, 5) is 1.31. The van der Waals surface area contributed by atoms with Crippen LogP contribution in [0.3, 0.4) is 0 Å². The molecular formula is C17H21NOS. The zero-order valence-corrected chi connectivity index (χ0v) is 12.6. The van der Waals surface area contributed by atoms with Gasteiger partial charge in [0.05, 0.1) is 0 Å². The summed E-state index contributed by atoms with van der Waals surface area (Å²) in [5.74, 6) is 1.38. The molecule has 0 aromatic heterocycles. The SMILES string of the molecule is CCC(NCCSc1ccccc1)c1ccc(O)cc1. The molecule has 20 heavy (non-hydrogen) atoms. The number of benzene rings is 2. The van der Waals surface area contributed by atoms with Gasteiger partial charge in [-0.15, -0.1) is 11.8 Å². The molecule has 1 unspecified atom stereocenters. The number of nitrogens with one attached hydrogen (secondary N) is 1. The third kappa shape index (κ3) is 4.58. The number of aromatic hydroxyl groups is 1. The van der Waals surface area contributed by atoms with E-state index in [1.54, 1.807) is 12.1 Å². The van der Waals surface area contributed by atoms with Crippen LogP contribution in [0.1, 0.15) is 24.9 Å². The van der Waals surface area contributed by atoms with E-state index in [4.69, 9.17) is 0 Å². The first-order valence-corrected chi connectivity index (χ1v) is 7.98. The molecule has 0 bridgehead atoms. The van der Waals surface area contributed by atoms with Crippen LogP contribution in [0.2, 0.25) is 0 Å². The first-order valence-electron chi connectivity index (χ1n) is 6.99. The molecule has 0 heterocycles. The summed E-state index contributed by atoms with van der Waals surface area (Å²) >= 11 is 1.87. The highest BCUT2D eigenvalue weighted by atomic mass is 32.2. The molecule has 2 aromatic carbocycles. The normalized spacial score (nSPS) is 12.2. The average molecular weight is 287 g/mol. The second-order valence-electron chi connectivity index (χ2n) is 4.67. The molecule has 106 valence electrons. The first-order chi connectivity index (χ1) is 9.79. The van der Waals surface area contributed by atoms with Crippen LogP contribution in [0.15, 0.2) is 59.5 Å². The van der Waals surface area contributed by atoms with Crippen molar-refractivity contribution in [1.29, 1.82) is 0 Å².